The van der Waals surface area contributed by atoms with Gasteiger partial charge in [0.2, 0.25) is 0 Å². The van der Waals surface area contributed by atoms with E-state index in [1.165, 1.54) is 0 Å². The van der Waals surface area contributed by atoms with Crippen LogP contribution in [0.4, 0.5) is 0 Å². The van der Waals surface area contributed by atoms with E-state index in [2.05, 4.69) is 0 Å². The average Bonchev–Trinajstić information content (AvgIpc) is 3.06. The van der Waals surface area contributed by atoms with E-state index in [-0.39, 0.29) is 0 Å². The van der Waals surface area contributed by atoms with Gasteiger partial charge < -0.3 is 10.2 Å². The molecule has 1 aliphatic carbocycles. The lowest BCUT2D eigenvalue weighted by Crippen LogP contribution is -1.97. The molecule has 2 nitrogen and oxygen atoms in total. The first-order valence-corrected chi connectivity index (χ1v) is 6.55. The Balaban J connectivity index is 2.42. The van der Waals surface area contributed by atoms with Crippen LogP contribution in [0.1, 0.15) is 30.1 Å². The first kappa shape index (κ1) is 11.7. The van der Waals surface area contributed by atoms with E-state index in [9.17, 15) is 0 Å². The number of hydrogen-bond donors (Lipinski definition) is 1. The van der Waals surface area contributed by atoms with Crippen LogP contribution in [0.2, 0.25) is 15.1 Å². The second-order valence-corrected chi connectivity index (χ2v) is 5.47. The van der Waals surface area contributed by atoms with Crippen molar-refractivity contribution in [3.63, 3.8) is 0 Å². The highest BCUT2D eigenvalue weighted by molar-refractivity contribution is 6.47. The lowest BCUT2D eigenvalue weighted by Gasteiger charge is -2.02. The molecule has 2 N–H and O–H groups in total. The largest absolute Gasteiger partial charge is 0.458 e. The zero-order valence-corrected chi connectivity index (χ0v) is 11.2. The Morgan fingerprint density at radius 1 is 1.24 bits per heavy atom. The predicted molar refractivity (Wildman–Crippen MR) is 71.1 cm³/mol. The molecule has 1 aromatic heterocycles. The lowest BCUT2D eigenvalue weighted by atomic mass is 10.1. The average molecular weight is 291 g/mol. The van der Waals surface area contributed by atoms with Gasteiger partial charge in [-0.05, 0) is 24.8 Å². The standard InChI is InChI=1S/C12H10Cl3NO/c13-6-3-7(14)12-10(11(6)15)9(5-1-2-5)8(4-16)17-12/h3,5H,1-2,4,16H2. The van der Waals surface area contributed by atoms with Crippen molar-refractivity contribution < 1.29 is 4.42 Å². The molecule has 1 fully saturated rings. The molecule has 2 aromatic rings. The Morgan fingerprint density at radius 3 is 2.53 bits per heavy atom. The maximum absolute atomic E-state index is 6.25. The van der Waals surface area contributed by atoms with Gasteiger partial charge in [-0.25, -0.2) is 0 Å². The minimum absolute atomic E-state index is 0.352. The van der Waals surface area contributed by atoms with Gasteiger partial charge in [0, 0.05) is 10.9 Å². The lowest BCUT2D eigenvalue weighted by molar-refractivity contribution is 0.546. The Bertz CT molecular complexity index is 602. The summed E-state index contributed by atoms with van der Waals surface area (Å²) in [6.07, 6.45) is 2.28. The summed E-state index contributed by atoms with van der Waals surface area (Å²) in [7, 11) is 0. The number of benzene rings is 1. The number of halogens is 3. The summed E-state index contributed by atoms with van der Waals surface area (Å²) >= 11 is 18.4. The quantitative estimate of drug-likeness (QED) is 0.812. The third-order valence-electron chi connectivity index (χ3n) is 3.09. The molecule has 3 rings (SSSR count). The van der Waals surface area contributed by atoms with Crippen molar-refractivity contribution in [1.29, 1.82) is 0 Å². The summed E-state index contributed by atoms with van der Waals surface area (Å²) in [5.41, 5.74) is 7.40. The molecule has 1 aromatic carbocycles. The summed E-state index contributed by atoms with van der Waals surface area (Å²) in [6, 6.07) is 1.61. The van der Waals surface area contributed by atoms with Crippen LogP contribution in [0, 0.1) is 0 Å². The van der Waals surface area contributed by atoms with Crippen LogP contribution in [0.15, 0.2) is 10.5 Å². The molecule has 0 aliphatic heterocycles. The molecule has 0 atom stereocenters. The minimum atomic E-state index is 0.352. The van der Waals surface area contributed by atoms with Crippen LogP contribution in [0.5, 0.6) is 0 Å². The molecule has 0 saturated heterocycles. The van der Waals surface area contributed by atoms with Crippen LogP contribution < -0.4 is 5.73 Å². The van der Waals surface area contributed by atoms with Crippen LogP contribution in [-0.4, -0.2) is 0 Å². The fraction of sp³-hybridized carbons (Fsp3) is 0.333. The van der Waals surface area contributed by atoms with Crippen LogP contribution in [0.3, 0.4) is 0 Å². The molecule has 1 heterocycles. The number of rotatable bonds is 2. The van der Waals surface area contributed by atoms with E-state index >= 15 is 0 Å². The summed E-state index contributed by atoms with van der Waals surface area (Å²) < 4.78 is 5.72. The van der Waals surface area contributed by atoms with Crippen molar-refractivity contribution in [1.82, 2.24) is 0 Å². The molecule has 0 bridgehead atoms. The molecular formula is C12H10Cl3NO. The number of hydrogen-bond acceptors (Lipinski definition) is 2. The van der Waals surface area contributed by atoms with E-state index in [0.717, 1.165) is 29.6 Å². The van der Waals surface area contributed by atoms with Gasteiger partial charge >= 0.3 is 0 Å². The van der Waals surface area contributed by atoms with Gasteiger partial charge in [0.15, 0.2) is 5.58 Å². The molecular weight excluding hydrogens is 280 g/mol. The first-order valence-electron chi connectivity index (χ1n) is 5.42. The molecule has 1 aliphatic rings. The Morgan fingerprint density at radius 2 is 1.94 bits per heavy atom. The number of fused-ring (bicyclic) bond motifs is 1. The molecule has 0 amide bonds. The zero-order valence-electron chi connectivity index (χ0n) is 8.90. The predicted octanol–water partition coefficient (Wildman–Crippen LogP) is 4.73. The fourth-order valence-corrected chi connectivity index (χ4v) is 2.94. The molecule has 17 heavy (non-hydrogen) atoms. The van der Waals surface area contributed by atoms with Crippen molar-refractivity contribution in [3.8, 4) is 0 Å². The van der Waals surface area contributed by atoms with Crippen molar-refractivity contribution >= 4 is 45.8 Å². The molecule has 90 valence electrons. The van der Waals surface area contributed by atoms with Crippen LogP contribution in [-0.2, 0) is 6.54 Å². The van der Waals surface area contributed by atoms with Gasteiger partial charge in [-0.1, -0.05) is 34.8 Å². The summed E-state index contributed by atoms with van der Waals surface area (Å²) in [5.74, 6) is 1.26. The molecule has 0 spiro atoms. The Labute approximate surface area is 114 Å². The van der Waals surface area contributed by atoms with Crippen molar-refractivity contribution in [3.05, 3.63) is 32.5 Å². The topological polar surface area (TPSA) is 39.2 Å². The van der Waals surface area contributed by atoms with Crippen molar-refractivity contribution in [2.24, 2.45) is 5.73 Å². The summed E-state index contributed by atoms with van der Waals surface area (Å²) in [6.45, 7) is 0.352. The molecule has 0 radical (unpaired) electrons. The highest BCUT2D eigenvalue weighted by Gasteiger charge is 2.32. The van der Waals surface area contributed by atoms with E-state index in [1.54, 1.807) is 6.07 Å². The molecule has 1 saturated carbocycles. The Kier molecular flexibility index (Phi) is 2.79. The first-order chi connectivity index (χ1) is 8.13. The van der Waals surface area contributed by atoms with Gasteiger partial charge in [-0.15, -0.1) is 0 Å². The number of furan rings is 1. The zero-order chi connectivity index (χ0) is 12.2. The summed E-state index contributed by atoms with van der Waals surface area (Å²) in [4.78, 5) is 0. The number of nitrogens with two attached hydrogens (primary N) is 1. The highest BCUT2D eigenvalue weighted by Crippen LogP contribution is 2.50. The maximum Gasteiger partial charge on any atom is 0.154 e. The van der Waals surface area contributed by atoms with Gasteiger partial charge in [-0.2, -0.15) is 0 Å². The van der Waals surface area contributed by atoms with Crippen molar-refractivity contribution in [2.45, 2.75) is 25.3 Å². The third-order valence-corrected chi connectivity index (χ3v) is 4.16. The van der Waals surface area contributed by atoms with E-state index in [0.29, 0.717) is 33.1 Å². The highest BCUT2D eigenvalue weighted by atomic mass is 35.5. The minimum Gasteiger partial charge on any atom is -0.458 e. The van der Waals surface area contributed by atoms with Gasteiger partial charge in [0.05, 0.1) is 21.6 Å². The fourth-order valence-electron chi connectivity index (χ4n) is 2.19. The van der Waals surface area contributed by atoms with Crippen LogP contribution >= 0.6 is 34.8 Å². The Hall–Kier alpha value is -0.410. The van der Waals surface area contributed by atoms with Gasteiger partial charge in [-0.3, -0.25) is 0 Å². The van der Waals surface area contributed by atoms with E-state index < -0.39 is 0 Å². The van der Waals surface area contributed by atoms with Gasteiger partial charge in [0.1, 0.15) is 5.76 Å². The monoisotopic (exact) mass is 289 g/mol. The maximum atomic E-state index is 6.25. The van der Waals surface area contributed by atoms with E-state index in [4.69, 9.17) is 45.0 Å². The molecule has 0 unspecified atom stereocenters. The smallest absolute Gasteiger partial charge is 0.154 e. The van der Waals surface area contributed by atoms with Crippen molar-refractivity contribution in [2.75, 3.05) is 0 Å². The third kappa shape index (κ3) is 1.75. The van der Waals surface area contributed by atoms with Crippen LogP contribution in [0.25, 0.3) is 11.0 Å². The molecule has 5 heteroatoms. The second-order valence-electron chi connectivity index (χ2n) is 4.28. The summed E-state index contributed by atoms with van der Waals surface area (Å²) in [5, 5.41) is 2.29. The van der Waals surface area contributed by atoms with E-state index in [1.807, 2.05) is 0 Å². The SMILES string of the molecule is NCc1oc2c(Cl)cc(Cl)c(Cl)c2c1C1CC1. The second kappa shape index (κ2) is 4.06. The van der Waals surface area contributed by atoms with Gasteiger partial charge in [0.25, 0.3) is 0 Å². The normalized spacial score (nSPS) is 15.8.